The highest BCUT2D eigenvalue weighted by atomic mass is 35.5. The Balaban J connectivity index is 1.78. The van der Waals surface area contributed by atoms with Gasteiger partial charge in [0.1, 0.15) is 0 Å². The first kappa shape index (κ1) is 16.9. The van der Waals surface area contributed by atoms with E-state index in [1.54, 1.807) is 24.3 Å². The van der Waals surface area contributed by atoms with Gasteiger partial charge in [0.2, 0.25) is 0 Å². The van der Waals surface area contributed by atoms with Crippen molar-refractivity contribution in [1.29, 1.82) is 0 Å². The maximum absolute atomic E-state index is 12.8. The predicted molar refractivity (Wildman–Crippen MR) is 108 cm³/mol. The summed E-state index contributed by atoms with van der Waals surface area (Å²) < 4.78 is 2.09. The Morgan fingerprint density at radius 1 is 1.04 bits per heavy atom. The zero-order valence-electron chi connectivity index (χ0n) is 14.2. The Kier molecular flexibility index (Phi) is 4.13. The zero-order valence-corrected chi connectivity index (χ0v) is 15.8. The summed E-state index contributed by atoms with van der Waals surface area (Å²) >= 11 is 6.85. The van der Waals surface area contributed by atoms with E-state index in [0.29, 0.717) is 15.6 Å². The van der Waals surface area contributed by atoms with Crippen LogP contribution >= 0.6 is 23.4 Å². The molecule has 3 aromatic rings. The van der Waals surface area contributed by atoms with Gasteiger partial charge < -0.3 is 4.57 Å². The molecule has 4 nitrogen and oxygen atoms in total. The average molecular weight is 383 g/mol. The van der Waals surface area contributed by atoms with Crippen molar-refractivity contribution in [2.24, 2.45) is 7.05 Å². The number of benzene rings is 2. The maximum atomic E-state index is 12.8. The van der Waals surface area contributed by atoms with Gasteiger partial charge >= 0.3 is 0 Å². The minimum atomic E-state index is -0.311. The van der Waals surface area contributed by atoms with Crippen LogP contribution in [0.5, 0.6) is 0 Å². The number of anilines is 1. The van der Waals surface area contributed by atoms with Gasteiger partial charge in [-0.1, -0.05) is 29.8 Å². The van der Waals surface area contributed by atoms with Gasteiger partial charge in [0, 0.05) is 34.2 Å². The van der Waals surface area contributed by atoms with E-state index in [0.717, 1.165) is 33.9 Å². The summed E-state index contributed by atoms with van der Waals surface area (Å²) in [4.78, 5) is 26.9. The Morgan fingerprint density at radius 2 is 1.73 bits per heavy atom. The third-order valence-corrected chi connectivity index (χ3v) is 5.72. The van der Waals surface area contributed by atoms with E-state index in [2.05, 4.69) is 4.57 Å². The molecule has 2 heterocycles. The molecule has 1 fully saturated rings. The number of carbonyl (C=O) groups is 2. The number of rotatable bonds is 2. The minimum Gasteiger partial charge on any atom is -0.347 e. The first-order valence-corrected chi connectivity index (χ1v) is 9.24. The number of carbonyl (C=O) groups excluding carboxylic acids is 2. The van der Waals surface area contributed by atoms with Gasteiger partial charge in [-0.2, -0.15) is 0 Å². The standard InChI is InChI=1S/C20H15ClN2O2S/c1-12-16(15-5-3-4-6-17(15)22(12)2)11-18-19(24)23(20(25)26-18)14-9-7-13(21)8-10-14/h3-11H,1-2H3/b18-11+. The van der Waals surface area contributed by atoms with Crippen LogP contribution in [-0.4, -0.2) is 15.7 Å². The molecule has 130 valence electrons. The monoisotopic (exact) mass is 382 g/mol. The molecule has 0 unspecified atom stereocenters. The summed E-state index contributed by atoms with van der Waals surface area (Å²) in [5.41, 5.74) is 3.62. The van der Waals surface area contributed by atoms with E-state index in [-0.39, 0.29) is 11.1 Å². The van der Waals surface area contributed by atoms with E-state index in [1.165, 1.54) is 4.90 Å². The molecule has 6 heteroatoms. The van der Waals surface area contributed by atoms with Crippen LogP contribution in [0.25, 0.3) is 17.0 Å². The first-order valence-electron chi connectivity index (χ1n) is 8.05. The molecule has 0 atom stereocenters. The van der Waals surface area contributed by atoms with Crippen molar-refractivity contribution >= 4 is 57.2 Å². The summed E-state index contributed by atoms with van der Waals surface area (Å²) in [5.74, 6) is -0.311. The maximum Gasteiger partial charge on any atom is 0.298 e. The molecule has 1 aliphatic rings. The fourth-order valence-electron chi connectivity index (χ4n) is 3.14. The lowest BCUT2D eigenvalue weighted by Crippen LogP contribution is -2.27. The normalized spacial score (nSPS) is 16.3. The molecule has 26 heavy (non-hydrogen) atoms. The van der Waals surface area contributed by atoms with Crippen LogP contribution in [0.15, 0.2) is 53.4 Å². The van der Waals surface area contributed by atoms with Gasteiger partial charge in [0.05, 0.1) is 10.6 Å². The lowest BCUT2D eigenvalue weighted by atomic mass is 10.1. The number of fused-ring (bicyclic) bond motifs is 1. The molecule has 4 rings (SSSR count). The zero-order chi connectivity index (χ0) is 18.4. The molecule has 0 spiro atoms. The molecule has 0 N–H and O–H groups in total. The molecule has 1 aromatic heterocycles. The number of amides is 2. The Labute approximate surface area is 160 Å². The Morgan fingerprint density at radius 3 is 2.46 bits per heavy atom. The molecule has 2 amide bonds. The number of imide groups is 1. The molecule has 1 aliphatic heterocycles. The number of nitrogens with zero attached hydrogens (tertiary/aromatic N) is 2. The molecule has 1 saturated heterocycles. The van der Waals surface area contributed by atoms with Gasteiger partial charge in [-0.25, -0.2) is 4.90 Å². The van der Waals surface area contributed by atoms with E-state index < -0.39 is 0 Å². The van der Waals surface area contributed by atoms with E-state index >= 15 is 0 Å². The van der Waals surface area contributed by atoms with Crippen molar-refractivity contribution in [3.8, 4) is 0 Å². The Bertz CT molecular complexity index is 1080. The fraction of sp³-hybridized carbons (Fsp3) is 0.100. The van der Waals surface area contributed by atoms with Crippen LogP contribution in [0, 0.1) is 6.92 Å². The summed E-state index contributed by atoms with van der Waals surface area (Å²) in [6.45, 7) is 2.01. The summed E-state index contributed by atoms with van der Waals surface area (Å²) in [6.07, 6.45) is 1.82. The van der Waals surface area contributed by atoms with Gasteiger partial charge in [-0.15, -0.1) is 0 Å². The molecular weight excluding hydrogens is 368 g/mol. The second-order valence-corrected chi connectivity index (χ2v) is 7.50. The summed E-state index contributed by atoms with van der Waals surface area (Å²) in [5, 5.41) is 1.31. The molecular formula is C20H15ClN2O2S. The molecule has 0 radical (unpaired) electrons. The minimum absolute atomic E-state index is 0.304. The van der Waals surface area contributed by atoms with Gasteiger partial charge in [-0.05, 0) is 55.1 Å². The smallest absolute Gasteiger partial charge is 0.298 e. The SMILES string of the molecule is Cc1c(/C=C2/SC(=O)N(c3ccc(Cl)cc3)C2=O)c2ccccc2n1C. The topological polar surface area (TPSA) is 42.3 Å². The second kappa shape index (κ2) is 6.34. The average Bonchev–Trinajstić information content (AvgIpc) is 3.05. The van der Waals surface area contributed by atoms with Crippen molar-refractivity contribution in [2.75, 3.05) is 4.90 Å². The number of hydrogen-bond acceptors (Lipinski definition) is 3. The van der Waals surface area contributed by atoms with Gasteiger partial charge in [-0.3, -0.25) is 9.59 Å². The van der Waals surface area contributed by atoms with Crippen LogP contribution in [0.1, 0.15) is 11.3 Å². The number of hydrogen-bond donors (Lipinski definition) is 0. The number of aryl methyl sites for hydroxylation is 1. The van der Waals surface area contributed by atoms with Crippen molar-refractivity contribution in [2.45, 2.75) is 6.92 Å². The second-order valence-electron chi connectivity index (χ2n) is 6.07. The summed E-state index contributed by atoms with van der Waals surface area (Å²) in [7, 11) is 1.99. The number of para-hydroxylation sites is 1. The lowest BCUT2D eigenvalue weighted by Gasteiger charge is -2.12. The van der Waals surface area contributed by atoms with Crippen LogP contribution in [-0.2, 0) is 11.8 Å². The van der Waals surface area contributed by atoms with Crippen molar-refractivity contribution in [3.63, 3.8) is 0 Å². The molecule has 0 aliphatic carbocycles. The Hall–Kier alpha value is -2.50. The predicted octanol–water partition coefficient (Wildman–Crippen LogP) is 5.38. The van der Waals surface area contributed by atoms with E-state index in [9.17, 15) is 9.59 Å². The fourth-order valence-corrected chi connectivity index (χ4v) is 4.09. The number of thioether (sulfide) groups is 1. The van der Waals surface area contributed by atoms with Crippen LogP contribution in [0.2, 0.25) is 5.02 Å². The van der Waals surface area contributed by atoms with E-state index in [4.69, 9.17) is 11.6 Å². The first-order chi connectivity index (χ1) is 12.5. The lowest BCUT2D eigenvalue weighted by molar-refractivity contribution is -0.113. The third-order valence-electron chi connectivity index (χ3n) is 4.60. The highest BCUT2D eigenvalue weighted by molar-refractivity contribution is 8.19. The highest BCUT2D eigenvalue weighted by Crippen LogP contribution is 2.37. The number of aromatic nitrogens is 1. The highest BCUT2D eigenvalue weighted by Gasteiger charge is 2.36. The molecule has 2 aromatic carbocycles. The molecule has 0 bridgehead atoms. The van der Waals surface area contributed by atoms with Crippen molar-refractivity contribution in [3.05, 3.63) is 69.7 Å². The van der Waals surface area contributed by atoms with Gasteiger partial charge in [0.25, 0.3) is 11.1 Å². The van der Waals surface area contributed by atoms with Crippen molar-refractivity contribution < 1.29 is 9.59 Å². The van der Waals surface area contributed by atoms with Crippen LogP contribution in [0.3, 0.4) is 0 Å². The molecule has 0 saturated carbocycles. The van der Waals surface area contributed by atoms with Crippen LogP contribution in [0.4, 0.5) is 10.5 Å². The van der Waals surface area contributed by atoms with Crippen LogP contribution < -0.4 is 4.90 Å². The quantitative estimate of drug-likeness (QED) is 0.559. The van der Waals surface area contributed by atoms with E-state index in [1.807, 2.05) is 44.3 Å². The third kappa shape index (κ3) is 2.64. The largest absolute Gasteiger partial charge is 0.347 e. The summed E-state index contributed by atoms with van der Waals surface area (Å²) in [6, 6.07) is 14.7. The number of halogens is 1. The van der Waals surface area contributed by atoms with Gasteiger partial charge in [0.15, 0.2) is 0 Å². The van der Waals surface area contributed by atoms with Crippen molar-refractivity contribution in [1.82, 2.24) is 4.57 Å².